The highest BCUT2D eigenvalue weighted by atomic mass is 15.2. The molecule has 2 aliphatic carbocycles. The number of benzene rings is 6. The quantitative estimate of drug-likeness (QED) is 0.158. The van der Waals surface area contributed by atoms with E-state index in [0.29, 0.717) is 0 Å². The Labute approximate surface area is 347 Å². The summed E-state index contributed by atoms with van der Waals surface area (Å²) in [7, 11) is 0. The number of para-hydroxylation sites is 2. The van der Waals surface area contributed by atoms with Gasteiger partial charge in [0.25, 0.3) is 0 Å². The van der Waals surface area contributed by atoms with Crippen LogP contribution in [-0.2, 0) is 5.41 Å². The highest BCUT2D eigenvalue weighted by Gasteiger charge is 2.41. The third-order valence-corrected chi connectivity index (χ3v) is 12.5. The SMILES string of the molecule is Cc1cc(Nc2ccc(C(C)(C)C)cc2-c2ccccc2)cc(N(c2cccc(N(c3ccccc3)c3ccccc3)c2)C2C=CC3=C(C2)C(C)(C)CCC3(C)C)c1. The van der Waals surface area contributed by atoms with Crippen LogP contribution in [0.25, 0.3) is 11.1 Å². The Morgan fingerprint density at radius 3 is 1.84 bits per heavy atom. The molecule has 0 spiro atoms. The van der Waals surface area contributed by atoms with Crippen molar-refractivity contribution in [3.05, 3.63) is 186 Å². The second-order valence-electron chi connectivity index (χ2n) is 18.7. The van der Waals surface area contributed by atoms with Gasteiger partial charge in [0, 0.05) is 45.4 Å². The molecule has 6 aromatic carbocycles. The fraction of sp³-hybridized carbons (Fsp3) is 0.273. The summed E-state index contributed by atoms with van der Waals surface area (Å²) in [5.41, 5.74) is 16.3. The lowest BCUT2D eigenvalue weighted by molar-refractivity contribution is 0.256. The van der Waals surface area contributed by atoms with Crippen LogP contribution in [0.5, 0.6) is 0 Å². The molecule has 3 heteroatoms. The van der Waals surface area contributed by atoms with Crippen LogP contribution < -0.4 is 15.1 Å². The molecule has 294 valence electrons. The second-order valence-corrected chi connectivity index (χ2v) is 18.7. The molecule has 0 heterocycles. The van der Waals surface area contributed by atoms with Crippen molar-refractivity contribution in [2.24, 2.45) is 10.8 Å². The van der Waals surface area contributed by atoms with Crippen molar-refractivity contribution in [2.75, 3.05) is 15.1 Å². The number of nitrogens with zero attached hydrogens (tertiary/aromatic N) is 2. The van der Waals surface area contributed by atoms with E-state index in [4.69, 9.17) is 0 Å². The van der Waals surface area contributed by atoms with Crippen LogP contribution in [0.2, 0.25) is 0 Å². The van der Waals surface area contributed by atoms with Gasteiger partial charge in [0.15, 0.2) is 0 Å². The topological polar surface area (TPSA) is 18.5 Å². The summed E-state index contributed by atoms with van der Waals surface area (Å²) < 4.78 is 0. The Morgan fingerprint density at radius 1 is 0.586 bits per heavy atom. The number of rotatable bonds is 9. The summed E-state index contributed by atoms with van der Waals surface area (Å²) in [5, 5.41) is 3.92. The first-order valence-electron chi connectivity index (χ1n) is 21.1. The normalized spacial score (nSPS) is 17.1. The summed E-state index contributed by atoms with van der Waals surface area (Å²) in [6.07, 6.45) is 8.35. The maximum atomic E-state index is 3.92. The van der Waals surface area contributed by atoms with E-state index in [2.05, 4.69) is 234 Å². The second kappa shape index (κ2) is 15.5. The summed E-state index contributed by atoms with van der Waals surface area (Å²) in [6.45, 7) is 18.9. The largest absolute Gasteiger partial charge is 0.355 e. The van der Waals surface area contributed by atoms with E-state index in [1.54, 1.807) is 5.57 Å². The Hall–Kier alpha value is -5.80. The molecule has 58 heavy (non-hydrogen) atoms. The number of nitrogens with one attached hydrogen (secondary N) is 1. The van der Waals surface area contributed by atoms with Gasteiger partial charge in [0.05, 0.1) is 6.04 Å². The molecule has 0 amide bonds. The Morgan fingerprint density at radius 2 is 1.19 bits per heavy atom. The zero-order valence-corrected chi connectivity index (χ0v) is 35.7. The summed E-state index contributed by atoms with van der Waals surface area (Å²) in [5.74, 6) is 0. The molecule has 2 aliphatic rings. The van der Waals surface area contributed by atoms with Gasteiger partial charge in [-0.2, -0.15) is 0 Å². The predicted octanol–water partition coefficient (Wildman–Crippen LogP) is 15.8. The van der Waals surface area contributed by atoms with E-state index in [9.17, 15) is 0 Å². The highest BCUT2D eigenvalue weighted by Crippen LogP contribution is 2.53. The number of aryl methyl sites for hydroxylation is 1. The molecule has 6 aromatic rings. The molecule has 0 aliphatic heterocycles. The molecule has 0 bridgehead atoms. The van der Waals surface area contributed by atoms with Crippen LogP contribution >= 0.6 is 0 Å². The van der Waals surface area contributed by atoms with Gasteiger partial charge in [-0.25, -0.2) is 0 Å². The van der Waals surface area contributed by atoms with Crippen LogP contribution in [0.1, 0.15) is 78.9 Å². The smallest absolute Gasteiger partial charge is 0.0562 e. The third-order valence-electron chi connectivity index (χ3n) is 12.5. The van der Waals surface area contributed by atoms with Crippen LogP contribution in [0, 0.1) is 17.8 Å². The standard InChI is InChI=1S/C55H59N3/c1-39-33-42(56-52-30-27-41(53(2,3)4)35-49(52)40-19-12-9-13-20-40)36-48(34-39)58(47-28-29-50-51(38-47)55(7,8)32-31-54(50,5)6)46-26-18-25-45(37-46)57(43-21-14-10-15-22-43)44-23-16-11-17-24-44/h9-30,33-37,47,56H,31-32,38H2,1-8H3. The summed E-state index contributed by atoms with van der Waals surface area (Å²) in [4.78, 5) is 4.95. The van der Waals surface area contributed by atoms with E-state index >= 15 is 0 Å². The van der Waals surface area contributed by atoms with Gasteiger partial charge in [0.1, 0.15) is 0 Å². The van der Waals surface area contributed by atoms with Crippen molar-refractivity contribution < 1.29 is 0 Å². The Kier molecular flexibility index (Phi) is 10.4. The number of hydrogen-bond acceptors (Lipinski definition) is 3. The van der Waals surface area contributed by atoms with E-state index in [0.717, 1.165) is 40.5 Å². The summed E-state index contributed by atoms with van der Waals surface area (Å²) in [6, 6.07) is 55.3. The minimum absolute atomic E-state index is 0.0368. The fourth-order valence-corrected chi connectivity index (χ4v) is 9.08. The molecule has 0 saturated carbocycles. The fourth-order valence-electron chi connectivity index (χ4n) is 9.08. The number of allylic oxidation sites excluding steroid dienone is 2. The van der Waals surface area contributed by atoms with Gasteiger partial charge in [-0.3, -0.25) is 0 Å². The first-order valence-corrected chi connectivity index (χ1v) is 21.1. The van der Waals surface area contributed by atoms with Crippen molar-refractivity contribution in [3.63, 3.8) is 0 Å². The maximum absolute atomic E-state index is 3.92. The Bertz CT molecular complexity index is 2410. The van der Waals surface area contributed by atoms with Crippen molar-refractivity contribution in [1.82, 2.24) is 0 Å². The zero-order chi connectivity index (χ0) is 40.7. The van der Waals surface area contributed by atoms with Gasteiger partial charge in [0.2, 0.25) is 0 Å². The molecule has 8 rings (SSSR count). The number of anilines is 7. The lowest BCUT2D eigenvalue weighted by atomic mass is 9.60. The van der Waals surface area contributed by atoms with Crippen LogP contribution in [0.3, 0.4) is 0 Å². The Balaban J connectivity index is 1.26. The lowest BCUT2D eigenvalue weighted by Gasteiger charge is -2.47. The third kappa shape index (κ3) is 8.01. The van der Waals surface area contributed by atoms with Crippen molar-refractivity contribution in [2.45, 2.75) is 86.1 Å². The molecule has 0 aromatic heterocycles. The average Bonchev–Trinajstić information content (AvgIpc) is 3.21. The molecule has 1 N–H and O–H groups in total. The van der Waals surface area contributed by atoms with E-state index in [1.165, 1.54) is 46.4 Å². The molecule has 0 fully saturated rings. The number of hydrogen-bond donors (Lipinski definition) is 1. The maximum Gasteiger partial charge on any atom is 0.0562 e. The van der Waals surface area contributed by atoms with Crippen LogP contribution in [-0.4, -0.2) is 6.04 Å². The molecular formula is C55H59N3. The molecule has 3 nitrogen and oxygen atoms in total. The van der Waals surface area contributed by atoms with Gasteiger partial charge < -0.3 is 15.1 Å². The van der Waals surface area contributed by atoms with Crippen LogP contribution in [0.4, 0.5) is 39.8 Å². The monoisotopic (exact) mass is 761 g/mol. The molecule has 1 unspecified atom stereocenters. The van der Waals surface area contributed by atoms with E-state index < -0.39 is 0 Å². The summed E-state index contributed by atoms with van der Waals surface area (Å²) >= 11 is 0. The van der Waals surface area contributed by atoms with E-state index in [1.807, 2.05) is 0 Å². The van der Waals surface area contributed by atoms with Gasteiger partial charge >= 0.3 is 0 Å². The van der Waals surface area contributed by atoms with E-state index in [-0.39, 0.29) is 22.3 Å². The zero-order valence-electron chi connectivity index (χ0n) is 35.7. The van der Waals surface area contributed by atoms with Gasteiger partial charge in [-0.15, -0.1) is 0 Å². The van der Waals surface area contributed by atoms with Crippen molar-refractivity contribution >= 4 is 39.8 Å². The molecular weight excluding hydrogens is 703 g/mol. The molecule has 0 radical (unpaired) electrons. The van der Waals surface area contributed by atoms with Crippen molar-refractivity contribution in [3.8, 4) is 11.1 Å². The van der Waals surface area contributed by atoms with Gasteiger partial charge in [-0.05, 0) is 137 Å². The minimum atomic E-state index is 0.0368. The molecule has 0 saturated heterocycles. The predicted molar refractivity (Wildman–Crippen MR) is 250 cm³/mol. The first-order chi connectivity index (χ1) is 27.8. The van der Waals surface area contributed by atoms with Gasteiger partial charge in [-0.1, -0.05) is 145 Å². The molecule has 1 atom stereocenters. The van der Waals surface area contributed by atoms with Crippen molar-refractivity contribution in [1.29, 1.82) is 0 Å². The average molecular weight is 762 g/mol. The lowest BCUT2D eigenvalue weighted by Crippen LogP contribution is -2.38. The van der Waals surface area contributed by atoms with Crippen LogP contribution in [0.15, 0.2) is 175 Å². The first kappa shape index (κ1) is 39.0. The minimum Gasteiger partial charge on any atom is -0.355 e. The highest BCUT2D eigenvalue weighted by molar-refractivity contribution is 5.84.